The van der Waals surface area contributed by atoms with Crippen molar-refractivity contribution in [1.29, 1.82) is 0 Å². The number of carbonyl (C=O) groups is 1. The van der Waals surface area contributed by atoms with Gasteiger partial charge in [0.2, 0.25) is 0 Å². The van der Waals surface area contributed by atoms with E-state index in [2.05, 4.69) is 0 Å². The molecule has 0 aliphatic heterocycles. The van der Waals surface area contributed by atoms with Crippen molar-refractivity contribution in [3.63, 3.8) is 0 Å². The van der Waals surface area contributed by atoms with Crippen molar-refractivity contribution < 1.29 is 18.7 Å². The molecular weight excluding hydrogens is 358 g/mol. The Bertz CT molecular complexity index is 962. The summed E-state index contributed by atoms with van der Waals surface area (Å²) in [6.07, 6.45) is -0.273. The van der Waals surface area contributed by atoms with Gasteiger partial charge in [-0.2, -0.15) is 0 Å². The first-order valence-corrected chi connectivity index (χ1v) is 8.59. The van der Waals surface area contributed by atoms with Gasteiger partial charge in [0.05, 0.1) is 12.1 Å². The van der Waals surface area contributed by atoms with E-state index in [1.54, 1.807) is 43.3 Å². The molecule has 1 unspecified atom stereocenters. The van der Waals surface area contributed by atoms with E-state index < -0.39 is 17.8 Å². The number of ether oxygens (including phenoxy) is 2. The topological polar surface area (TPSA) is 70.7 Å². The van der Waals surface area contributed by atoms with Crippen molar-refractivity contribution in [3.05, 3.63) is 64.1 Å². The quantitative estimate of drug-likeness (QED) is 0.465. The molecule has 26 heavy (non-hydrogen) atoms. The van der Waals surface area contributed by atoms with E-state index in [4.69, 9.17) is 25.5 Å². The fraction of sp³-hybridized carbons (Fsp3) is 0.263. The van der Waals surface area contributed by atoms with E-state index in [1.807, 2.05) is 12.1 Å². The highest BCUT2D eigenvalue weighted by Gasteiger charge is 2.16. The van der Waals surface area contributed by atoms with Crippen LogP contribution >= 0.6 is 11.6 Å². The van der Waals surface area contributed by atoms with Gasteiger partial charge in [-0.1, -0.05) is 29.8 Å². The molecule has 1 aromatic heterocycles. The zero-order valence-corrected chi connectivity index (χ0v) is 14.9. The van der Waals surface area contributed by atoms with Crippen LogP contribution in [0.2, 0.25) is 5.02 Å². The average Bonchev–Trinajstić information content (AvgIpc) is 2.94. The zero-order chi connectivity index (χ0) is 18.5. The number of hydrogen-bond acceptors (Lipinski definition) is 5. The van der Waals surface area contributed by atoms with Crippen molar-refractivity contribution in [1.82, 2.24) is 4.57 Å². The van der Waals surface area contributed by atoms with Gasteiger partial charge in [0.1, 0.15) is 5.75 Å². The number of fused-ring (bicyclic) bond motifs is 1. The number of hydrogen-bond donors (Lipinski definition) is 0. The summed E-state index contributed by atoms with van der Waals surface area (Å²) in [6.45, 7) is 2.18. The molecule has 0 saturated carbocycles. The third-order valence-electron chi connectivity index (χ3n) is 3.78. The van der Waals surface area contributed by atoms with Gasteiger partial charge >= 0.3 is 11.7 Å². The fourth-order valence-corrected chi connectivity index (χ4v) is 2.71. The van der Waals surface area contributed by atoms with Crippen LogP contribution in [0, 0.1) is 0 Å². The van der Waals surface area contributed by atoms with Crippen molar-refractivity contribution in [2.24, 2.45) is 0 Å². The van der Waals surface area contributed by atoms with Crippen molar-refractivity contribution >= 4 is 28.7 Å². The molecule has 7 heteroatoms. The lowest BCUT2D eigenvalue weighted by Crippen LogP contribution is -2.27. The summed E-state index contributed by atoms with van der Waals surface area (Å²) < 4.78 is 17.4. The molecular formula is C19H18ClNO5. The summed E-state index contributed by atoms with van der Waals surface area (Å²) >= 11 is 5.88. The molecule has 136 valence electrons. The summed E-state index contributed by atoms with van der Waals surface area (Å²) in [4.78, 5) is 23.9. The predicted octanol–water partition coefficient (Wildman–Crippen LogP) is 3.65. The molecule has 0 bridgehead atoms. The van der Waals surface area contributed by atoms with Gasteiger partial charge in [-0.3, -0.25) is 4.57 Å². The number of carbonyl (C=O) groups excluding carboxylic acids is 1. The number of rotatable bonds is 7. The first kappa shape index (κ1) is 18.1. The standard InChI is InChI=1S/C19H18ClNO5/c1-13(25-15-7-4-6-14(20)12-15)18(22)24-11-5-10-21-16-8-2-3-9-17(16)26-19(21)23/h2-4,6-9,12-13H,5,10-11H2,1H3. The van der Waals surface area contributed by atoms with Crippen LogP contribution in [-0.2, 0) is 16.1 Å². The molecule has 6 nitrogen and oxygen atoms in total. The van der Waals surface area contributed by atoms with Crippen LogP contribution in [0.4, 0.5) is 0 Å². The maximum atomic E-state index is 12.0. The number of para-hydroxylation sites is 2. The molecule has 2 aromatic carbocycles. The molecule has 0 aliphatic carbocycles. The predicted molar refractivity (Wildman–Crippen MR) is 97.6 cm³/mol. The number of benzene rings is 2. The Balaban J connectivity index is 1.49. The van der Waals surface area contributed by atoms with Crippen molar-refractivity contribution in [2.75, 3.05) is 6.61 Å². The van der Waals surface area contributed by atoms with E-state index in [0.29, 0.717) is 29.3 Å². The second-order valence-electron chi connectivity index (χ2n) is 5.73. The highest BCUT2D eigenvalue weighted by molar-refractivity contribution is 6.30. The van der Waals surface area contributed by atoms with Crippen LogP contribution in [-0.4, -0.2) is 23.2 Å². The zero-order valence-electron chi connectivity index (χ0n) is 14.2. The minimum absolute atomic E-state index is 0.175. The maximum absolute atomic E-state index is 12.0. The average molecular weight is 376 g/mol. The molecule has 0 N–H and O–H groups in total. The van der Waals surface area contributed by atoms with Crippen LogP contribution in [0.1, 0.15) is 13.3 Å². The lowest BCUT2D eigenvalue weighted by Gasteiger charge is -2.14. The van der Waals surface area contributed by atoms with Crippen LogP contribution < -0.4 is 10.5 Å². The normalized spacial score (nSPS) is 12.1. The van der Waals surface area contributed by atoms with E-state index >= 15 is 0 Å². The molecule has 0 spiro atoms. The SMILES string of the molecule is CC(Oc1cccc(Cl)c1)C(=O)OCCCn1c(=O)oc2ccccc21. The minimum atomic E-state index is -0.758. The Morgan fingerprint density at radius 1 is 1.23 bits per heavy atom. The first-order chi connectivity index (χ1) is 12.5. The first-order valence-electron chi connectivity index (χ1n) is 8.22. The molecule has 0 fully saturated rings. The van der Waals surface area contributed by atoms with Crippen LogP contribution in [0.3, 0.4) is 0 Å². The van der Waals surface area contributed by atoms with Gasteiger partial charge in [0, 0.05) is 11.6 Å². The van der Waals surface area contributed by atoms with Crippen LogP contribution in [0.5, 0.6) is 5.75 Å². The number of oxazole rings is 1. The second kappa shape index (κ2) is 8.10. The van der Waals surface area contributed by atoms with Crippen molar-refractivity contribution in [3.8, 4) is 5.75 Å². The summed E-state index contributed by atoms with van der Waals surface area (Å²) in [5, 5.41) is 0.529. The highest BCUT2D eigenvalue weighted by Crippen LogP contribution is 2.18. The smallest absolute Gasteiger partial charge is 0.419 e. The maximum Gasteiger partial charge on any atom is 0.419 e. The molecule has 0 aliphatic rings. The lowest BCUT2D eigenvalue weighted by atomic mass is 10.3. The van der Waals surface area contributed by atoms with Gasteiger partial charge in [0.15, 0.2) is 11.7 Å². The number of aromatic nitrogens is 1. The van der Waals surface area contributed by atoms with Crippen LogP contribution in [0.25, 0.3) is 11.1 Å². The summed E-state index contributed by atoms with van der Waals surface area (Å²) in [7, 11) is 0. The Morgan fingerprint density at radius 2 is 2.04 bits per heavy atom. The lowest BCUT2D eigenvalue weighted by molar-refractivity contribution is -0.151. The molecule has 3 aromatic rings. The largest absolute Gasteiger partial charge is 0.479 e. The minimum Gasteiger partial charge on any atom is -0.479 e. The van der Waals surface area contributed by atoms with E-state index in [1.165, 1.54) is 4.57 Å². The monoisotopic (exact) mass is 375 g/mol. The Hall–Kier alpha value is -2.73. The van der Waals surface area contributed by atoms with Gasteiger partial charge in [-0.25, -0.2) is 9.59 Å². The van der Waals surface area contributed by atoms with E-state index in [9.17, 15) is 9.59 Å². The fourth-order valence-electron chi connectivity index (χ4n) is 2.53. The van der Waals surface area contributed by atoms with Gasteiger partial charge in [-0.05, 0) is 43.7 Å². The van der Waals surface area contributed by atoms with Crippen LogP contribution in [0.15, 0.2) is 57.7 Å². The third kappa shape index (κ3) is 4.26. The highest BCUT2D eigenvalue weighted by atomic mass is 35.5. The molecule has 1 heterocycles. The van der Waals surface area contributed by atoms with Crippen molar-refractivity contribution in [2.45, 2.75) is 26.0 Å². The number of aryl methyl sites for hydroxylation is 1. The number of halogens is 1. The Labute approximate surface area is 154 Å². The van der Waals surface area contributed by atoms with Gasteiger partial charge in [-0.15, -0.1) is 0 Å². The second-order valence-corrected chi connectivity index (χ2v) is 6.16. The molecule has 3 rings (SSSR count). The molecule has 0 radical (unpaired) electrons. The summed E-state index contributed by atoms with van der Waals surface area (Å²) in [5.74, 6) is -0.400. The summed E-state index contributed by atoms with van der Waals surface area (Å²) in [6, 6.07) is 14.0. The summed E-state index contributed by atoms with van der Waals surface area (Å²) in [5.41, 5.74) is 1.26. The Kier molecular flexibility index (Phi) is 5.63. The third-order valence-corrected chi connectivity index (χ3v) is 4.02. The van der Waals surface area contributed by atoms with Gasteiger partial charge < -0.3 is 13.9 Å². The van der Waals surface area contributed by atoms with E-state index in [-0.39, 0.29) is 6.61 Å². The Morgan fingerprint density at radius 3 is 2.85 bits per heavy atom. The van der Waals surface area contributed by atoms with E-state index in [0.717, 1.165) is 5.52 Å². The van der Waals surface area contributed by atoms with Gasteiger partial charge in [0.25, 0.3) is 0 Å². The molecule has 1 atom stereocenters. The molecule has 0 saturated heterocycles. The number of esters is 1. The number of nitrogens with zero attached hydrogens (tertiary/aromatic N) is 1. The molecule has 0 amide bonds.